The molecule has 9 heteroatoms. The molecule has 0 radical (unpaired) electrons. The summed E-state index contributed by atoms with van der Waals surface area (Å²) in [6.07, 6.45) is 1.12. The molecular formula is C24H30N4O5. The van der Waals surface area contributed by atoms with Crippen LogP contribution in [0.2, 0.25) is 0 Å². The molecule has 2 N–H and O–H groups in total. The van der Waals surface area contributed by atoms with Gasteiger partial charge >= 0.3 is 0 Å². The van der Waals surface area contributed by atoms with Gasteiger partial charge in [-0.2, -0.15) is 0 Å². The van der Waals surface area contributed by atoms with Gasteiger partial charge in [0.15, 0.2) is 0 Å². The van der Waals surface area contributed by atoms with E-state index in [0.29, 0.717) is 28.8 Å². The van der Waals surface area contributed by atoms with Crippen molar-refractivity contribution in [3.05, 3.63) is 57.6 Å². The summed E-state index contributed by atoms with van der Waals surface area (Å²) in [6, 6.07) is 9.62. The van der Waals surface area contributed by atoms with Gasteiger partial charge in [-0.25, -0.2) is 0 Å². The maximum atomic E-state index is 13.0. The average molecular weight is 455 g/mol. The summed E-state index contributed by atoms with van der Waals surface area (Å²) >= 11 is 0. The number of nitro benzene ring substituents is 1. The maximum absolute atomic E-state index is 13.0. The molecule has 0 bridgehead atoms. The minimum Gasteiger partial charge on any atom is -0.496 e. The first-order valence-electron chi connectivity index (χ1n) is 10.9. The van der Waals surface area contributed by atoms with Gasteiger partial charge in [0.05, 0.1) is 24.6 Å². The van der Waals surface area contributed by atoms with Gasteiger partial charge in [0.25, 0.3) is 11.6 Å². The van der Waals surface area contributed by atoms with Crippen LogP contribution in [0.4, 0.5) is 17.1 Å². The summed E-state index contributed by atoms with van der Waals surface area (Å²) in [4.78, 5) is 38.1. The number of methoxy groups -OCH3 is 1. The lowest BCUT2D eigenvalue weighted by Gasteiger charge is -2.35. The van der Waals surface area contributed by atoms with Crippen LogP contribution in [0.15, 0.2) is 36.4 Å². The van der Waals surface area contributed by atoms with Crippen LogP contribution in [0, 0.1) is 28.9 Å². The number of anilines is 2. The zero-order valence-electron chi connectivity index (χ0n) is 19.4. The molecule has 1 heterocycles. The molecule has 0 saturated carbocycles. The summed E-state index contributed by atoms with van der Waals surface area (Å²) < 4.78 is 5.01. The number of likely N-dealkylation sites (tertiary alicyclic amines) is 1. The van der Waals surface area contributed by atoms with Gasteiger partial charge in [-0.05, 0) is 55.0 Å². The van der Waals surface area contributed by atoms with E-state index in [1.165, 1.54) is 25.3 Å². The number of hydrogen-bond donors (Lipinski definition) is 2. The number of aryl methyl sites for hydroxylation is 1. The summed E-state index contributed by atoms with van der Waals surface area (Å²) in [6.45, 7) is 7.56. The number of carbonyl (C=O) groups excluding carboxylic acids is 2. The highest BCUT2D eigenvalue weighted by molar-refractivity contribution is 5.97. The van der Waals surface area contributed by atoms with E-state index in [-0.39, 0.29) is 23.8 Å². The Hall–Kier alpha value is -3.62. The predicted octanol–water partition coefficient (Wildman–Crippen LogP) is 4.08. The van der Waals surface area contributed by atoms with Crippen LogP contribution in [-0.2, 0) is 4.79 Å². The molecule has 2 unspecified atom stereocenters. The molecular weight excluding hydrogens is 424 g/mol. The number of amides is 2. The first kappa shape index (κ1) is 24.0. The summed E-state index contributed by atoms with van der Waals surface area (Å²) in [7, 11) is 1.41. The molecule has 1 saturated heterocycles. The van der Waals surface area contributed by atoms with Crippen LogP contribution in [-0.4, -0.2) is 48.4 Å². The van der Waals surface area contributed by atoms with Crippen LogP contribution in [0.25, 0.3) is 0 Å². The Morgan fingerprint density at radius 2 is 1.82 bits per heavy atom. The molecule has 1 aliphatic rings. The van der Waals surface area contributed by atoms with E-state index in [1.807, 2.05) is 17.9 Å². The van der Waals surface area contributed by atoms with E-state index >= 15 is 0 Å². The van der Waals surface area contributed by atoms with Crippen LogP contribution in [0.3, 0.4) is 0 Å². The lowest BCUT2D eigenvalue weighted by atomic mass is 9.91. The van der Waals surface area contributed by atoms with Crippen molar-refractivity contribution in [2.75, 3.05) is 37.4 Å². The fourth-order valence-electron chi connectivity index (χ4n) is 4.22. The second-order valence-electron chi connectivity index (χ2n) is 8.73. The van der Waals surface area contributed by atoms with Gasteiger partial charge in [-0.15, -0.1) is 0 Å². The van der Waals surface area contributed by atoms with Crippen molar-refractivity contribution in [2.24, 2.45) is 11.8 Å². The first-order valence-corrected chi connectivity index (χ1v) is 10.9. The summed E-state index contributed by atoms with van der Waals surface area (Å²) in [5, 5.41) is 16.9. The van der Waals surface area contributed by atoms with Crippen molar-refractivity contribution in [3.8, 4) is 5.75 Å². The van der Waals surface area contributed by atoms with Gasteiger partial charge in [-0.3, -0.25) is 19.7 Å². The highest BCUT2D eigenvalue weighted by Crippen LogP contribution is 2.29. The molecule has 2 atom stereocenters. The predicted molar refractivity (Wildman–Crippen MR) is 127 cm³/mol. The maximum Gasteiger partial charge on any atom is 0.296 e. The summed E-state index contributed by atoms with van der Waals surface area (Å²) in [5.74, 6) is 0.790. The van der Waals surface area contributed by atoms with Crippen LogP contribution >= 0.6 is 0 Å². The smallest absolute Gasteiger partial charge is 0.296 e. The average Bonchev–Trinajstić information content (AvgIpc) is 2.77. The number of carbonyl (C=O) groups is 2. The number of rotatable bonds is 7. The highest BCUT2D eigenvalue weighted by Gasteiger charge is 2.26. The number of piperidine rings is 1. The Balaban J connectivity index is 1.67. The van der Waals surface area contributed by atoms with E-state index in [2.05, 4.69) is 24.5 Å². The number of nitro groups is 1. The third-order valence-corrected chi connectivity index (χ3v) is 5.76. The monoisotopic (exact) mass is 454 g/mol. The Bertz CT molecular complexity index is 1050. The molecule has 33 heavy (non-hydrogen) atoms. The van der Waals surface area contributed by atoms with Crippen LogP contribution in [0.1, 0.15) is 36.2 Å². The van der Waals surface area contributed by atoms with E-state index in [0.717, 1.165) is 25.1 Å². The second kappa shape index (κ2) is 10.3. The number of ether oxygens (including phenoxy) is 1. The zero-order chi connectivity index (χ0) is 24.1. The quantitative estimate of drug-likeness (QED) is 0.481. The van der Waals surface area contributed by atoms with E-state index in [4.69, 9.17) is 4.74 Å². The number of hydrogen-bond acceptors (Lipinski definition) is 6. The van der Waals surface area contributed by atoms with E-state index in [9.17, 15) is 19.7 Å². The van der Waals surface area contributed by atoms with E-state index in [1.54, 1.807) is 12.1 Å². The van der Waals surface area contributed by atoms with Gasteiger partial charge in [0, 0.05) is 24.3 Å². The highest BCUT2D eigenvalue weighted by atomic mass is 16.6. The SMILES string of the molecule is COc1ccc(NC(=O)CNc2cc(C(=O)N3CC(C)CC(C)C3)ccc2C)c([N+](=O)[O-])c1. The van der Waals surface area contributed by atoms with E-state index < -0.39 is 10.8 Å². The minimum absolute atomic E-state index is 0.0187. The molecule has 3 rings (SSSR count). The van der Waals surface area contributed by atoms with Gasteiger partial charge in [-0.1, -0.05) is 19.9 Å². The normalized spacial score (nSPS) is 17.9. The molecule has 0 aliphatic carbocycles. The Labute approximate surface area is 193 Å². The summed E-state index contributed by atoms with van der Waals surface area (Å²) in [5.41, 5.74) is 1.95. The van der Waals surface area contributed by atoms with Gasteiger partial charge in [0.1, 0.15) is 11.4 Å². The topological polar surface area (TPSA) is 114 Å². The third kappa shape index (κ3) is 6.00. The molecule has 2 amide bonds. The third-order valence-electron chi connectivity index (χ3n) is 5.76. The van der Waals surface area contributed by atoms with Crippen LogP contribution < -0.4 is 15.4 Å². The van der Waals surface area contributed by atoms with Crippen molar-refractivity contribution >= 4 is 28.9 Å². The molecule has 2 aromatic carbocycles. The molecule has 2 aromatic rings. The van der Waals surface area contributed by atoms with Crippen molar-refractivity contribution in [1.29, 1.82) is 0 Å². The van der Waals surface area contributed by atoms with Crippen molar-refractivity contribution in [3.63, 3.8) is 0 Å². The molecule has 1 aliphatic heterocycles. The fraction of sp³-hybridized carbons (Fsp3) is 0.417. The molecule has 176 valence electrons. The van der Waals surface area contributed by atoms with Crippen LogP contribution in [0.5, 0.6) is 5.75 Å². The lowest BCUT2D eigenvalue weighted by Crippen LogP contribution is -2.42. The Morgan fingerprint density at radius 3 is 2.45 bits per heavy atom. The van der Waals surface area contributed by atoms with Crippen molar-refractivity contribution < 1.29 is 19.2 Å². The van der Waals surface area contributed by atoms with Crippen molar-refractivity contribution in [2.45, 2.75) is 27.2 Å². The second-order valence-corrected chi connectivity index (χ2v) is 8.73. The Kier molecular flexibility index (Phi) is 7.52. The standard InChI is InChI=1S/C24H30N4O5/c1-15-9-16(2)14-27(13-15)24(30)18-6-5-17(3)21(10-18)25-12-23(29)26-20-8-7-19(33-4)11-22(20)28(31)32/h5-8,10-11,15-16,25H,9,12-14H2,1-4H3,(H,26,29). The number of nitrogens with one attached hydrogen (secondary N) is 2. The minimum atomic E-state index is -0.576. The molecule has 0 spiro atoms. The number of benzene rings is 2. The first-order chi connectivity index (χ1) is 15.7. The number of nitrogens with zero attached hydrogens (tertiary/aromatic N) is 2. The largest absolute Gasteiger partial charge is 0.496 e. The lowest BCUT2D eigenvalue weighted by molar-refractivity contribution is -0.384. The van der Waals surface area contributed by atoms with Gasteiger partial charge < -0.3 is 20.3 Å². The van der Waals surface area contributed by atoms with Crippen molar-refractivity contribution in [1.82, 2.24) is 4.90 Å². The zero-order valence-corrected chi connectivity index (χ0v) is 19.4. The fourth-order valence-corrected chi connectivity index (χ4v) is 4.22. The van der Waals surface area contributed by atoms with Gasteiger partial charge in [0.2, 0.25) is 5.91 Å². The molecule has 0 aromatic heterocycles. The Morgan fingerprint density at radius 1 is 1.12 bits per heavy atom. The molecule has 1 fully saturated rings. The molecule has 9 nitrogen and oxygen atoms in total.